The van der Waals surface area contributed by atoms with Gasteiger partial charge in [0.15, 0.2) is 11.6 Å². The van der Waals surface area contributed by atoms with Crippen molar-refractivity contribution in [1.29, 1.82) is 0 Å². The van der Waals surface area contributed by atoms with E-state index in [0.717, 1.165) is 22.3 Å². The van der Waals surface area contributed by atoms with Crippen LogP contribution in [-0.2, 0) is 18.4 Å². The van der Waals surface area contributed by atoms with E-state index in [-0.39, 0.29) is 6.61 Å². The summed E-state index contributed by atoms with van der Waals surface area (Å²) >= 11 is 0. The summed E-state index contributed by atoms with van der Waals surface area (Å²) in [4.78, 5) is 15.6. The average molecular weight is 322 g/mol. The Labute approximate surface area is 139 Å². The number of benzene rings is 2. The van der Waals surface area contributed by atoms with E-state index in [0.29, 0.717) is 11.6 Å². The molecule has 122 valence electrons. The van der Waals surface area contributed by atoms with E-state index in [4.69, 9.17) is 10.5 Å². The summed E-state index contributed by atoms with van der Waals surface area (Å²) in [5.74, 6) is 1.37. The summed E-state index contributed by atoms with van der Waals surface area (Å²) in [6.07, 6.45) is -0.802. The number of aryl methyl sites for hydroxylation is 2. The molecule has 0 unspecified atom stereocenters. The van der Waals surface area contributed by atoms with Gasteiger partial charge < -0.3 is 10.5 Å². The monoisotopic (exact) mass is 322 g/mol. The molecule has 0 aliphatic heterocycles. The predicted octanol–water partition coefficient (Wildman–Crippen LogP) is 3.05. The number of rotatable bonds is 4. The molecule has 0 aliphatic carbocycles. The largest absolute Gasteiger partial charge is 0.445 e. The number of carbonyl (C=O) groups is 1. The maximum atomic E-state index is 10.9. The number of hydrogen-bond acceptors (Lipinski definition) is 4. The SMILES string of the molecule is Cc1ccccc1-c1nc(-c2ccccc2COC(N)=O)n(C)n1. The van der Waals surface area contributed by atoms with E-state index >= 15 is 0 Å². The van der Waals surface area contributed by atoms with Crippen LogP contribution in [0, 0.1) is 6.92 Å². The van der Waals surface area contributed by atoms with Gasteiger partial charge in [-0.3, -0.25) is 0 Å². The molecule has 3 aromatic rings. The average Bonchev–Trinajstić information content (AvgIpc) is 2.95. The first-order valence-electron chi connectivity index (χ1n) is 7.54. The van der Waals surface area contributed by atoms with Crippen molar-refractivity contribution in [2.75, 3.05) is 0 Å². The molecule has 0 saturated carbocycles. The Balaban J connectivity index is 2.02. The van der Waals surface area contributed by atoms with Crippen LogP contribution in [0.4, 0.5) is 4.79 Å². The lowest BCUT2D eigenvalue weighted by atomic mass is 10.1. The van der Waals surface area contributed by atoms with Crippen LogP contribution in [0.1, 0.15) is 11.1 Å². The van der Waals surface area contributed by atoms with E-state index < -0.39 is 6.09 Å². The van der Waals surface area contributed by atoms with Crippen molar-refractivity contribution in [3.05, 3.63) is 59.7 Å². The molecule has 0 saturated heterocycles. The van der Waals surface area contributed by atoms with Crippen LogP contribution in [0.25, 0.3) is 22.8 Å². The highest BCUT2D eigenvalue weighted by molar-refractivity contribution is 5.67. The van der Waals surface area contributed by atoms with Gasteiger partial charge in [0.25, 0.3) is 0 Å². The van der Waals surface area contributed by atoms with Gasteiger partial charge in [-0.15, -0.1) is 0 Å². The lowest BCUT2D eigenvalue weighted by molar-refractivity contribution is 0.150. The highest BCUT2D eigenvalue weighted by Gasteiger charge is 2.15. The van der Waals surface area contributed by atoms with Gasteiger partial charge in [0.2, 0.25) is 0 Å². The third-order valence-corrected chi connectivity index (χ3v) is 3.78. The highest BCUT2D eigenvalue weighted by atomic mass is 16.5. The van der Waals surface area contributed by atoms with Crippen molar-refractivity contribution < 1.29 is 9.53 Å². The van der Waals surface area contributed by atoms with Crippen molar-refractivity contribution in [3.63, 3.8) is 0 Å². The summed E-state index contributed by atoms with van der Waals surface area (Å²) in [6.45, 7) is 2.12. The van der Waals surface area contributed by atoms with Crippen molar-refractivity contribution in [3.8, 4) is 22.8 Å². The Hall–Kier alpha value is -3.15. The smallest absolute Gasteiger partial charge is 0.404 e. The van der Waals surface area contributed by atoms with E-state index in [9.17, 15) is 4.79 Å². The number of carbonyl (C=O) groups excluding carboxylic acids is 1. The van der Waals surface area contributed by atoms with Gasteiger partial charge in [0.05, 0.1) is 0 Å². The lowest BCUT2D eigenvalue weighted by Gasteiger charge is -2.08. The molecule has 6 heteroatoms. The van der Waals surface area contributed by atoms with Crippen LogP contribution in [0.3, 0.4) is 0 Å². The maximum absolute atomic E-state index is 10.9. The number of nitrogens with zero attached hydrogens (tertiary/aromatic N) is 3. The molecule has 2 aromatic carbocycles. The second-order valence-electron chi connectivity index (χ2n) is 5.46. The molecule has 24 heavy (non-hydrogen) atoms. The number of hydrogen-bond donors (Lipinski definition) is 1. The first kappa shape index (κ1) is 15.7. The van der Waals surface area contributed by atoms with E-state index in [1.807, 2.05) is 62.5 Å². The molecule has 0 atom stereocenters. The Morgan fingerprint density at radius 2 is 1.79 bits per heavy atom. The molecule has 0 fully saturated rings. The normalized spacial score (nSPS) is 10.6. The minimum atomic E-state index is -0.802. The van der Waals surface area contributed by atoms with E-state index in [1.165, 1.54) is 0 Å². The lowest BCUT2D eigenvalue weighted by Crippen LogP contribution is -2.13. The third kappa shape index (κ3) is 3.12. The van der Waals surface area contributed by atoms with Crippen LogP contribution in [0.5, 0.6) is 0 Å². The first-order valence-corrected chi connectivity index (χ1v) is 7.54. The Kier molecular flexibility index (Phi) is 4.29. The van der Waals surface area contributed by atoms with Crippen LogP contribution < -0.4 is 5.73 Å². The summed E-state index contributed by atoms with van der Waals surface area (Å²) in [6, 6.07) is 15.6. The maximum Gasteiger partial charge on any atom is 0.404 e. The summed E-state index contributed by atoms with van der Waals surface area (Å²) < 4.78 is 6.65. The standard InChI is InChI=1S/C18H18N4O2/c1-12-7-3-5-9-14(12)16-20-17(22(2)21-16)15-10-6-4-8-13(15)11-24-18(19)23/h3-10H,11H2,1-2H3,(H2,19,23). The molecule has 0 bridgehead atoms. The number of ether oxygens (including phenoxy) is 1. The summed E-state index contributed by atoms with van der Waals surface area (Å²) in [7, 11) is 1.84. The molecule has 3 rings (SSSR count). The van der Waals surface area contributed by atoms with Gasteiger partial charge in [0.1, 0.15) is 6.61 Å². The van der Waals surface area contributed by atoms with Crippen molar-refractivity contribution in [2.45, 2.75) is 13.5 Å². The Bertz CT molecular complexity index is 886. The van der Waals surface area contributed by atoms with Gasteiger partial charge in [0, 0.05) is 23.7 Å². The van der Waals surface area contributed by atoms with Crippen LogP contribution in [0.2, 0.25) is 0 Å². The fraction of sp³-hybridized carbons (Fsp3) is 0.167. The molecule has 0 spiro atoms. The number of primary amides is 1. The van der Waals surface area contributed by atoms with Crippen molar-refractivity contribution in [2.24, 2.45) is 12.8 Å². The molecule has 1 amide bonds. The fourth-order valence-electron chi connectivity index (χ4n) is 2.57. The Morgan fingerprint density at radius 1 is 1.12 bits per heavy atom. The molecule has 1 aromatic heterocycles. The second kappa shape index (κ2) is 6.54. The molecule has 1 heterocycles. The van der Waals surface area contributed by atoms with E-state index in [2.05, 4.69) is 10.1 Å². The van der Waals surface area contributed by atoms with Gasteiger partial charge >= 0.3 is 6.09 Å². The Morgan fingerprint density at radius 3 is 2.50 bits per heavy atom. The van der Waals surface area contributed by atoms with E-state index in [1.54, 1.807) is 4.68 Å². The number of nitrogens with two attached hydrogens (primary N) is 1. The molecule has 0 radical (unpaired) electrons. The number of amides is 1. The summed E-state index contributed by atoms with van der Waals surface area (Å²) in [5.41, 5.74) is 8.84. The van der Waals surface area contributed by atoms with Crippen molar-refractivity contribution >= 4 is 6.09 Å². The zero-order valence-electron chi connectivity index (χ0n) is 13.6. The van der Waals surface area contributed by atoms with Gasteiger partial charge in [-0.2, -0.15) is 5.10 Å². The first-order chi connectivity index (χ1) is 11.6. The quantitative estimate of drug-likeness (QED) is 0.800. The van der Waals surface area contributed by atoms with Crippen LogP contribution in [0.15, 0.2) is 48.5 Å². The minimum Gasteiger partial charge on any atom is -0.445 e. The zero-order valence-corrected chi connectivity index (χ0v) is 13.6. The van der Waals surface area contributed by atoms with Gasteiger partial charge in [-0.1, -0.05) is 48.5 Å². The van der Waals surface area contributed by atoms with Gasteiger partial charge in [-0.05, 0) is 12.5 Å². The van der Waals surface area contributed by atoms with Crippen LogP contribution in [-0.4, -0.2) is 20.9 Å². The molecule has 6 nitrogen and oxygen atoms in total. The predicted molar refractivity (Wildman–Crippen MR) is 91.0 cm³/mol. The van der Waals surface area contributed by atoms with Gasteiger partial charge in [-0.25, -0.2) is 14.5 Å². The fourth-order valence-corrected chi connectivity index (χ4v) is 2.57. The topological polar surface area (TPSA) is 83.0 Å². The zero-order chi connectivity index (χ0) is 17.1. The summed E-state index contributed by atoms with van der Waals surface area (Å²) in [5, 5.41) is 4.53. The number of aromatic nitrogens is 3. The molecular formula is C18H18N4O2. The molecule has 0 aliphatic rings. The second-order valence-corrected chi connectivity index (χ2v) is 5.46. The highest BCUT2D eigenvalue weighted by Crippen LogP contribution is 2.26. The molecular weight excluding hydrogens is 304 g/mol. The third-order valence-electron chi connectivity index (χ3n) is 3.78. The van der Waals surface area contributed by atoms with Crippen molar-refractivity contribution in [1.82, 2.24) is 14.8 Å². The van der Waals surface area contributed by atoms with Crippen LogP contribution >= 0.6 is 0 Å². The molecule has 2 N–H and O–H groups in total. The minimum absolute atomic E-state index is 0.0953.